The van der Waals surface area contributed by atoms with E-state index in [4.69, 9.17) is 9.31 Å². The normalized spacial score (nSPS) is 21.5. The summed E-state index contributed by atoms with van der Waals surface area (Å²) in [7, 11) is -1.00. The van der Waals surface area contributed by atoms with Crippen LogP contribution in [0.2, 0.25) is 0 Å². The minimum Gasteiger partial charge on any atom is -0.398 e. The number of hydrogen-bond acceptors (Lipinski definition) is 4. The highest BCUT2D eigenvalue weighted by molar-refractivity contribution is 6.54. The molecule has 2 rings (SSSR count). The number of nitrogens with zero attached hydrogens (tertiary/aromatic N) is 3. The van der Waals surface area contributed by atoms with Gasteiger partial charge in [-0.05, 0) is 39.2 Å². The number of aromatic nitrogens is 3. The first-order valence-corrected chi connectivity index (χ1v) is 7.52. The van der Waals surface area contributed by atoms with E-state index in [0.717, 1.165) is 0 Å². The van der Waals surface area contributed by atoms with Crippen LogP contribution in [0.3, 0.4) is 0 Å². The Morgan fingerprint density at radius 2 is 1.82 bits per heavy atom. The maximum atomic E-state index is 14.4. The molecule has 1 aromatic rings. The van der Waals surface area contributed by atoms with Gasteiger partial charge in [0, 0.05) is 6.54 Å². The Balaban J connectivity index is 2.11. The van der Waals surface area contributed by atoms with Gasteiger partial charge in [0.1, 0.15) is 11.4 Å². The van der Waals surface area contributed by atoms with Crippen LogP contribution in [0.15, 0.2) is 11.9 Å². The fourth-order valence-corrected chi connectivity index (χ4v) is 2.11. The van der Waals surface area contributed by atoms with Crippen LogP contribution in [0.5, 0.6) is 0 Å². The van der Waals surface area contributed by atoms with E-state index in [1.165, 1.54) is 6.08 Å². The third-order valence-corrected chi connectivity index (χ3v) is 3.96. The minimum atomic E-state index is -1.00. The highest BCUT2D eigenvalue weighted by atomic mass is 19.1. The lowest BCUT2D eigenvalue weighted by Gasteiger charge is -2.32. The molecule has 0 aliphatic carbocycles. The van der Waals surface area contributed by atoms with Crippen LogP contribution < -0.4 is 0 Å². The zero-order chi connectivity index (χ0) is 16.8. The monoisotopic (exact) mass is 309 g/mol. The van der Waals surface area contributed by atoms with Crippen LogP contribution >= 0.6 is 0 Å². The van der Waals surface area contributed by atoms with Crippen molar-refractivity contribution >= 4 is 13.2 Å². The van der Waals surface area contributed by atoms with E-state index in [1.807, 2.05) is 27.7 Å². The molecule has 0 N–H and O–H groups in total. The van der Waals surface area contributed by atoms with E-state index < -0.39 is 24.0 Å². The van der Waals surface area contributed by atoms with Crippen molar-refractivity contribution in [3.05, 3.63) is 17.6 Å². The quantitative estimate of drug-likeness (QED) is 0.804. The van der Waals surface area contributed by atoms with E-state index >= 15 is 0 Å². The molecular formula is C15H25BFN3O2. The summed E-state index contributed by atoms with van der Waals surface area (Å²) in [5.74, 6) is 0. The topological polar surface area (TPSA) is 49.2 Å². The Hall–Kier alpha value is -1.21. The summed E-state index contributed by atoms with van der Waals surface area (Å²) in [6, 6.07) is 0. The standard InChI is InChI=1S/C15H25BFN3O2/c1-13(2,3)10-20-9-11(18-19-20)8-12(17)16-21-14(4,5)15(6,7)22-16/h8-9H,10H2,1-7H3. The summed E-state index contributed by atoms with van der Waals surface area (Å²) >= 11 is 0. The van der Waals surface area contributed by atoms with Gasteiger partial charge in [-0.2, -0.15) is 0 Å². The zero-order valence-corrected chi connectivity index (χ0v) is 14.5. The van der Waals surface area contributed by atoms with Gasteiger partial charge < -0.3 is 9.31 Å². The number of rotatable bonds is 3. The van der Waals surface area contributed by atoms with E-state index in [0.29, 0.717) is 12.2 Å². The maximum absolute atomic E-state index is 14.4. The first-order valence-electron chi connectivity index (χ1n) is 7.52. The Morgan fingerprint density at radius 3 is 2.32 bits per heavy atom. The molecule has 1 saturated heterocycles. The van der Waals surface area contributed by atoms with E-state index in [1.54, 1.807) is 10.9 Å². The van der Waals surface area contributed by atoms with Crippen molar-refractivity contribution in [3.63, 3.8) is 0 Å². The Morgan fingerprint density at radius 1 is 1.27 bits per heavy atom. The van der Waals surface area contributed by atoms with E-state index in [9.17, 15) is 4.39 Å². The minimum absolute atomic E-state index is 0.0823. The summed E-state index contributed by atoms with van der Waals surface area (Å²) < 4.78 is 27.4. The lowest BCUT2D eigenvalue weighted by atomic mass is 9.87. The number of hydrogen-bond donors (Lipinski definition) is 0. The van der Waals surface area contributed by atoms with Crippen molar-refractivity contribution < 1.29 is 13.7 Å². The molecular weight excluding hydrogens is 284 g/mol. The van der Waals surface area contributed by atoms with Crippen LogP contribution in [0.1, 0.15) is 54.2 Å². The lowest BCUT2D eigenvalue weighted by Crippen LogP contribution is -2.41. The second-order valence-corrected chi connectivity index (χ2v) is 8.02. The van der Waals surface area contributed by atoms with Gasteiger partial charge in [-0.1, -0.05) is 26.0 Å². The summed E-state index contributed by atoms with van der Waals surface area (Å²) in [6.45, 7) is 14.6. The zero-order valence-electron chi connectivity index (χ0n) is 14.5. The van der Waals surface area contributed by atoms with Crippen molar-refractivity contribution in [2.24, 2.45) is 5.41 Å². The predicted molar refractivity (Wildman–Crippen MR) is 84.6 cm³/mol. The molecule has 0 saturated carbocycles. The molecule has 0 atom stereocenters. The van der Waals surface area contributed by atoms with Gasteiger partial charge >= 0.3 is 7.12 Å². The second kappa shape index (κ2) is 5.46. The predicted octanol–water partition coefficient (Wildman–Crippen LogP) is 3.27. The average molecular weight is 309 g/mol. The first-order chi connectivity index (χ1) is 9.90. The summed E-state index contributed by atoms with van der Waals surface area (Å²) in [4.78, 5) is 0. The number of halogens is 1. The van der Waals surface area contributed by atoms with Gasteiger partial charge in [-0.15, -0.1) is 5.10 Å². The molecule has 1 aliphatic heterocycles. The Kier molecular flexibility index (Phi) is 4.26. The molecule has 122 valence electrons. The molecule has 0 bridgehead atoms. The first kappa shape index (κ1) is 17.2. The fourth-order valence-electron chi connectivity index (χ4n) is 2.11. The smallest absolute Gasteiger partial charge is 0.398 e. The second-order valence-electron chi connectivity index (χ2n) is 8.02. The van der Waals surface area contributed by atoms with Gasteiger partial charge in [0.05, 0.1) is 17.4 Å². The molecule has 22 heavy (non-hydrogen) atoms. The summed E-state index contributed by atoms with van der Waals surface area (Å²) in [5.41, 5.74) is -1.09. The van der Waals surface area contributed by atoms with Crippen LogP contribution in [0.4, 0.5) is 4.39 Å². The summed E-state index contributed by atoms with van der Waals surface area (Å²) in [6.07, 6.45) is 3.03. The molecule has 5 nitrogen and oxygen atoms in total. The van der Waals surface area contributed by atoms with E-state index in [-0.39, 0.29) is 5.41 Å². The highest BCUT2D eigenvalue weighted by Gasteiger charge is 2.53. The molecule has 0 radical (unpaired) electrons. The largest absolute Gasteiger partial charge is 0.525 e. The van der Waals surface area contributed by atoms with Crippen molar-refractivity contribution in [1.29, 1.82) is 0 Å². The molecule has 1 aliphatic rings. The van der Waals surface area contributed by atoms with Gasteiger partial charge in [-0.25, -0.2) is 4.39 Å². The van der Waals surface area contributed by atoms with Gasteiger partial charge in [0.2, 0.25) is 0 Å². The van der Waals surface area contributed by atoms with Crippen molar-refractivity contribution in [2.75, 3.05) is 0 Å². The SMILES string of the molecule is CC(C)(C)Cn1cc(C=C(F)B2OC(C)(C)C(C)(C)O2)nn1. The molecule has 0 unspecified atom stereocenters. The van der Waals surface area contributed by atoms with Crippen molar-refractivity contribution in [2.45, 2.75) is 66.2 Å². The van der Waals surface area contributed by atoms with Crippen molar-refractivity contribution in [1.82, 2.24) is 15.0 Å². The molecule has 0 spiro atoms. The molecule has 7 heteroatoms. The van der Waals surface area contributed by atoms with Crippen LogP contribution in [-0.2, 0) is 15.9 Å². The van der Waals surface area contributed by atoms with Crippen LogP contribution in [0.25, 0.3) is 6.08 Å². The van der Waals surface area contributed by atoms with Gasteiger partial charge in [-0.3, -0.25) is 4.68 Å². The van der Waals surface area contributed by atoms with E-state index in [2.05, 4.69) is 31.1 Å². The lowest BCUT2D eigenvalue weighted by molar-refractivity contribution is 0.00578. The molecule has 0 aromatic carbocycles. The molecule has 1 fully saturated rings. The van der Waals surface area contributed by atoms with Crippen molar-refractivity contribution in [3.8, 4) is 0 Å². The summed E-state index contributed by atoms with van der Waals surface area (Å²) in [5, 5.41) is 7.98. The highest BCUT2D eigenvalue weighted by Crippen LogP contribution is 2.38. The average Bonchev–Trinajstić information content (AvgIpc) is 2.80. The van der Waals surface area contributed by atoms with Crippen LogP contribution in [0, 0.1) is 5.41 Å². The maximum Gasteiger partial charge on any atom is 0.525 e. The molecule has 0 amide bonds. The van der Waals surface area contributed by atoms with Gasteiger partial charge in [0.15, 0.2) is 0 Å². The molecule has 2 heterocycles. The van der Waals surface area contributed by atoms with Crippen LogP contribution in [-0.4, -0.2) is 33.3 Å². The Labute approximate surface area is 132 Å². The fraction of sp³-hybridized carbons (Fsp3) is 0.733. The molecule has 1 aromatic heterocycles. The Bertz CT molecular complexity index is 560. The third kappa shape index (κ3) is 3.76. The van der Waals surface area contributed by atoms with Gasteiger partial charge in [0.25, 0.3) is 0 Å². The third-order valence-electron chi connectivity index (χ3n) is 3.96.